The molecule has 0 aromatic heterocycles. The molecule has 0 heterocycles. The van der Waals surface area contributed by atoms with Crippen molar-refractivity contribution in [2.24, 2.45) is 0 Å². The SMILES string of the molecule is Cc1cccc(Oc2c(Cl)cccc2CO)c1C. The maximum atomic E-state index is 9.31. The van der Waals surface area contributed by atoms with Crippen molar-refractivity contribution in [1.82, 2.24) is 0 Å². The van der Waals surface area contributed by atoms with Crippen LogP contribution in [0, 0.1) is 13.8 Å². The molecule has 0 unspecified atom stereocenters. The number of aliphatic hydroxyl groups excluding tert-OH is 1. The number of aryl methyl sites for hydroxylation is 1. The van der Waals surface area contributed by atoms with Gasteiger partial charge in [-0.15, -0.1) is 0 Å². The van der Waals surface area contributed by atoms with Gasteiger partial charge in [0.25, 0.3) is 0 Å². The average Bonchev–Trinajstić information content (AvgIpc) is 2.37. The first-order valence-electron chi connectivity index (χ1n) is 5.76. The van der Waals surface area contributed by atoms with Gasteiger partial charge in [-0.25, -0.2) is 0 Å². The molecule has 94 valence electrons. The minimum absolute atomic E-state index is 0.0965. The Morgan fingerprint density at radius 2 is 1.83 bits per heavy atom. The van der Waals surface area contributed by atoms with Gasteiger partial charge in [-0.3, -0.25) is 0 Å². The van der Waals surface area contributed by atoms with E-state index in [1.54, 1.807) is 18.2 Å². The van der Waals surface area contributed by atoms with E-state index in [4.69, 9.17) is 16.3 Å². The molecule has 0 aliphatic rings. The van der Waals surface area contributed by atoms with Gasteiger partial charge < -0.3 is 9.84 Å². The topological polar surface area (TPSA) is 29.5 Å². The Hall–Kier alpha value is -1.51. The summed E-state index contributed by atoms with van der Waals surface area (Å²) in [7, 11) is 0. The van der Waals surface area contributed by atoms with E-state index in [0.717, 1.165) is 16.9 Å². The second-order valence-electron chi connectivity index (χ2n) is 4.19. The summed E-state index contributed by atoms with van der Waals surface area (Å²) < 4.78 is 5.85. The van der Waals surface area contributed by atoms with E-state index >= 15 is 0 Å². The highest BCUT2D eigenvalue weighted by Crippen LogP contribution is 2.34. The van der Waals surface area contributed by atoms with Crippen molar-refractivity contribution in [2.75, 3.05) is 0 Å². The summed E-state index contributed by atoms with van der Waals surface area (Å²) in [5, 5.41) is 9.81. The lowest BCUT2D eigenvalue weighted by molar-refractivity contribution is 0.276. The van der Waals surface area contributed by atoms with Gasteiger partial charge in [-0.2, -0.15) is 0 Å². The zero-order valence-corrected chi connectivity index (χ0v) is 11.2. The van der Waals surface area contributed by atoms with Crippen LogP contribution in [-0.2, 0) is 6.61 Å². The predicted molar refractivity (Wildman–Crippen MR) is 73.4 cm³/mol. The van der Waals surface area contributed by atoms with E-state index < -0.39 is 0 Å². The highest BCUT2D eigenvalue weighted by atomic mass is 35.5. The van der Waals surface area contributed by atoms with E-state index in [1.807, 2.05) is 32.0 Å². The van der Waals surface area contributed by atoms with Crippen molar-refractivity contribution in [1.29, 1.82) is 0 Å². The molecule has 0 amide bonds. The maximum absolute atomic E-state index is 9.31. The van der Waals surface area contributed by atoms with Gasteiger partial charge in [0.15, 0.2) is 5.75 Å². The largest absolute Gasteiger partial charge is 0.455 e. The molecule has 0 saturated carbocycles. The zero-order chi connectivity index (χ0) is 13.1. The minimum Gasteiger partial charge on any atom is -0.455 e. The fraction of sp³-hybridized carbons (Fsp3) is 0.200. The van der Waals surface area contributed by atoms with Crippen LogP contribution in [0.5, 0.6) is 11.5 Å². The van der Waals surface area contributed by atoms with E-state index in [1.165, 1.54) is 0 Å². The van der Waals surface area contributed by atoms with Gasteiger partial charge in [-0.05, 0) is 37.1 Å². The molecule has 0 radical (unpaired) electrons. The normalized spacial score (nSPS) is 10.4. The molecule has 0 atom stereocenters. The number of aliphatic hydroxyl groups is 1. The summed E-state index contributed by atoms with van der Waals surface area (Å²) in [6, 6.07) is 11.2. The van der Waals surface area contributed by atoms with Gasteiger partial charge in [0.05, 0.1) is 11.6 Å². The molecule has 1 N–H and O–H groups in total. The van der Waals surface area contributed by atoms with Crippen molar-refractivity contribution in [3.05, 3.63) is 58.1 Å². The number of para-hydroxylation sites is 1. The molecule has 18 heavy (non-hydrogen) atoms. The minimum atomic E-state index is -0.0965. The summed E-state index contributed by atoms with van der Waals surface area (Å²) in [4.78, 5) is 0. The van der Waals surface area contributed by atoms with Crippen LogP contribution in [-0.4, -0.2) is 5.11 Å². The summed E-state index contributed by atoms with van der Waals surface area (Å²) in [5.74, 6) is 1.29. The van der Waals surface area contributed by atoms with Crippen molar-refractivity contribution in [3.8, 4) is 11.5 Å². The third kappa shape index (κ3) is 2.50. The Bertz CT molecular complexity index is 564. The molecule has 0 saturated heterocycles. The third-order valence-corrected chi connectivity index (χ3v) is 3.28. The number of hydrogen-bond acceptors (Lipinski definition) is 2. The molecule has 0 aliphatic heterocycles. The summed E-state index contributed by atoms with van der Waals surface area (Å²) in [6.45, 7) is 3.93. The molecule has 0 aliphatic carbocycles. The monoisotopic (exact) mass is 262 g/mol. The number of benzene rings is 2. The first kappa shape index (κ1) is 12.9. The molecule has 2 aromatic rings. The Morgan fingerprint density at radius 3 is 2.56 bits per heavy atom. The summed E-state index contributed by atoms with van der Waals surface area (Å²) >= 11 is 6.11. The Labute approximate surface area is 112 Å². The molecule has 2 rings (SSSR count). The number of rotatable bonds is 3. The van der Waals surface area contributed by atoms with Crippen LogP contribution in [0.4, 0.5) is 0 Å². The Balaban J connectivity index is 2.43. The maximum Gasteiger partial charge on any atom is 0.151 e. The molecular weight excluding hydrogens is 248 g/mol. The first-order valence-corrected chi connectivity index (χ1v) is 6.13. The van der Waals surface area contributed by atoms with Crippen LogP contribution in [0.1, 0.15) is 16.7 Å². The van der Waals surface area contributed by atoms with Crippen molar-refractivity contribution < 1.29 is 9.84 Å². The quantitative estimate of drug-likeness (QED) is 0.896. The second kappa shape index (κ2) is 5.42. The van der Waals surface area contributed by atoms with E-state index in [2.05, 4.69) is 0 Å². The van der Waals surface area contributed by atoms with Gasteiger partial charge in [0, 0.05) is 5.56 Å². The zero-order valence-electron chi connectivity index (χ0n) is 10.4. The molecule has 0 fully saturated rings. The van der Waals surface area contributed by atoms with Gasteiger partial charge >= 0.3 is 0 Å². The number of halogens is 1. The summed E-state index contributed by atoms with van der Waals surface area (Å²) in [6.07, 6.45) is 0. The van der Waals surface area contributed by atoms with Gasteiger partial charge in [0.1, 0.15) is 5.75 Å². The fourth-order valence-electron chi connectivity index (χ4n) is 1.74. The van der Waals surface area contributed by atoms with Crippen LogP contribution in [0.25, 0.3) is 0 Å². The molecular formula is C15H15ClO2. The highest BCUT2D eigenvalue weighted by molar-refractivity contribution is 6.32. The van der Waals surface area contributed by atoms with Gasteiger partial charge in [0.2, 0.25) is 0 Å². The lowest BCUT2D eigenvalue weighted by Crippen LogP contribution is -1.95. The van der Waals surface area contributed by atoms with Crippen molar-refractivity contribution in [3.63, 3.8) is 0 Å². The summed E-state index contributed by atoms with van der Waals surface area (Å²) in [5.41, 5.74) is 2.91. The molecule has 2 nitrogen and oxygen atoms in total. The van der Waals surface area contributed by atoms with Crippen LogP contribution >= 0.6 is 11.6 Å². The number of ether oxygens (including phenoxy) is 1. The highest BCUT2D eigenvalue weighted by Gasteiger charge is 2.10. The lowest BCUT2D eigenvalue weighted by Gasteiger charge is -2.14. The first-order chi connectivity index (χ1) is 8.63. The van der Waals surface area contributed by atoms with E-state index in [0.29, 0.717) is 16.3 Å². The second-order valence-corrected chi connectivity index (χ2v) is 4.59. The third-order valence-electron chi connectivity index (χ3n) is 2.99. The Kier molecular flexibility index (Phi) is 3.90. The fourth-order valence-corrected chi connectivity index (χ4v) is 1.97. The molecule has 0 bridgehead atoms. The van der Waals surface area contributed by atoms with Gasteiger partial charge in [-0.1, -0.05) is 35.9 Å². The van der Waals surface area contributed by atoms with E-state index in [9.17, 15) is 5.11 Å². The lowest BCUT2D eigenvalue weighted by atomic mass is 10.1. The molecule has 3 heteroatoms. The Morgan fingerprint density at radius 1 is 1.11 bits per heavy atom. The van der Waals surface area contributed by atoms with Crippen LogP contribution in [0.2, 0.25) is 5.02 Å². The van der Waals surface area contributed by atoms with Crippen molar-refractivity contribution in [2.45, 2.75) is 20.5 Å². The standard InChI is InChI=1S/C15H15ClO2/c1-10-5-3-8-14(11(10)2)18-15-12(9-17)6-4-7-13(15)16/h3-8,17H,9H2,1-2H3. The predicted octanol–water partition coefficient (Wildman–Crippen LogP) is 4.24. The molecule has 2 aromatic carbocycles. The smallest absolute Gasteiger partial charge is 0.151 e. The van der Waals surface area contributed by atoms with E-state index in [-0.39, 0.29) is 6.61 Å². The van der Waals surface area contributed by atoms with Crippen molar-refractivity contribution >= 4 is 11.6 Å². The van der Waals surface area contributed by atoms with Crippen LogP contribution in [0.3, 0.4) is 0 Å². The molecule has 0 spiro atoms. The van der Waals surface area contributed by atoms with Crippen LogP contribution in [0.15, 0.2) is 36.4 Å². The van der Waals surface area contributed by atoms with Crippen LogP contribution < -0.4 is 4.74 Å². The average molecular weight is 263 g/mol. The number of hydrogen-bond donors (Lipinski definition) is 1.